The minimum absolute atomic E-state index is 0.00898. The van der Waals surface area contributed by atoms with E-state index in [9.17, 15) is 4.79 Å². The van der Waals surface area contributed by atoms with Crippen molar-refractivity contribution in [2.45, 2.75) is 33.6 Å². The van der Waals surface area contributed by atoms with Crippen LogP contribution in [0.1, 0.15) is 27.3 Å². The minimum Gasteiger partial charge on any atom is -0.302 e. The lowest BCUT2D eigenvalue weighted by Crippen LogP contribution is -2.12. The van der Waals surface area contributed by atoms with Gasteiger partial charge >= 0.3 is 0 Å². The van der Waals surface area contributed by atoms with Crippen molar-refractivity contribution in [3.8, 4) is 11.3 Å². The number of aryl methyl sites for hydroxylation is 4. The van der Waals surface area contributed by atoms with Gasteiger partial charge in [0, 0.05) is 27.1 Å². The third-order valence-electron chi connectivity index (χ3n) is 3.83. The number of nitrogens with zero attached hydrogens (tertiary/aromatic N) is 1. The van der Waals surface area contributed by atoms with Crippen LogP contribution in [0.4, 0.5) is 5.13 Å². The topological polar surface area (TPSA) is 42.0 Å². The Morgan fingerprint density at radius 1 is 1.17 bits per heavy atom. The van der Waals surface area contributed by atoms with Gasteiger partial charge in [-0.2, -0.15) is 0 Å². The number of thiazole rings is 1. The van der Waals surface area contributed by atoms with Crippen LogP contribution in [-0.2, 0) is 11.2 Å². The van der Waals surface area contributed by atoms with E-state index < -0.39 is 0 Å². The van der Waals surface area contributed by atoms with Crippen LogP contribution in [-0.4, -0.2) is 10.9 Å². The van der Waals surface area contributed by atoms with E-state index in [-0.39, 0.29) is 5.91 Å². The maximum atomic E-state index is 12.1. The highest BCUT2D eigenvalue weighted by Gasteiger charge is 2.11. The number of anilines is 1. The minimum atomic E-state index is 0.00898. The van der Waals surface area contributed by atoms with Crippen molar-refractivity contribution in [3.05, 3.63) is 56.6 Å². The average Bonchev–Trinajstić information content (AvgIpc) is 3.12. The van der Waals surface area contributed by atoms with E-state index in [0.29, 0.717) is 11.6 Å². The van der Waals surface area contributed by atoms with Gasteiger partial charge in [0.25, 0.3) is 0 Å². The average molecular weight is 357 g/mol. The summed E-state index contributed by atoms with van der Waals surface area (Å²) < 4.78 is 0. The molecule has 3 aromatic rings. The van der Waals surface area contributed by atoms with Crippen molar-refractivity contribution in [2.75, 3.05) is 5.32 Å². The summed E-state index contributed by atoms with van der Waals surface area (Å²) in [4.78, 5) is 19.2. The van der Waals surface area contributed by atoms with Gasteiger partial charge in [0.1, 0.15) is 0 Å². The van der Waals surface area contributed by atoms with Crippen molar-refractivity contribution in [1.82, 2.24) is 4.98 Å². The summed E-state index contributed by atoms with van der Waals surface area (Å²) in [5.74, 6) is 0.00898. The van der Waals surface area contributed by atoms with Gasteiger partial charge in [-0.05, 0) is 38.8 Å². The summed E-state index contributed by atoms with van der Waals surface area (Å²) in [5.41, 5.74) is 4.52. The van der Waals surface area contributed by atoms with Crippen LogP contribution in [0.3, 0.4) is 0 Å². The zero-order valence-corrected chi connectivity index (χ0v) is 15.7. The fraction of sp³-hybridized carbons (Fsp3) is 0.263. The van der Waals surface area contributed by atoms with E-state index in [2.05, 4.69) is 61.4 Å². The summed E-state index contributed by atoms with van der Waals surface area (Å²) in [6.07, 6.45) is 1.21. The Hall–Kier alpha value is -1.98. The molecule has 2 aromatic heterocycles. The quantitative estimate of drug-likeness (QED) is 0.668. The molecule has 0 aliphatic heterocycles. The maximum Gasteiger partial charge on any atom is 0.226 e. The summed E-state index contributed by atoms with van der Waals surface area (Å²) >= 11 is 3.25. The van der Waals surface area contributed by atoms with E-state index in [1.165, 1.54) is 32.2 Å². The van der Waals surface area contributed by atoms with Gasteiger partial charge in [-0.1, -0.05) is 29.8 Å². The van der Waals surface area contributed by atoms with Crippen molar-refractivity contribution >= 4 is 33.7 Å². The molecule has 124 valence electrons. The first-order chi connectivity index (χ1) is 11.5. The number of aromatic nitrogens is 1. The molecular weight excluding hydrogens is 336 g/mol. The molecule has 0 bridgehead atoms. The molecule has 2 heterocycles. The summed E-state index contributed by atoms with van der Waals surface area (Å²) in [6.45, 7) is 6.26. The predicted octanol–water partition coefficient (Wildman–Crippen LogP) is 5.37. The number of nitrogens with one attached hydrogen (secondary N) is 1. The Kier molecular flexibility index (Phi) is 5.11. The lowest BCUT2D eigenvalue weighted by atomic mass is 10.1. The van der Waals surface area contributed by atoms with Crippen LogP contribution in [0.25, 0.3) is 11.3 Å². The Morgan fingerprint density at radius 2 is 1.92 bits per heavy atom. The van der Waals surface area contributed by atoms with Gasteiger partial charge < -0.3 is 5.32 Å². The highest BCUT2D eigenvalue weighted by atomic mass is 32.1. The number of carbonyl (C=O) groups is 1. The van der Waals surface area contributed by atoms with Crippen LogP contribution in [0.2, 0.25) is 0 Å². The summed E-state index contributed by atoms with van der Waals surface area (Å²) in [6, 6.07) is 10.5. The zero-order valence-electron chi connectivity index (χ0n) is 14.1. The van der Waals surface area contributed by atoms with Gasteiger partial charge in [0.15, 0.2) is 5.13 Å². The normalized spacial score (nSPS) is 10.8. The Labute approximate surface area is 150 Å². The largest absolute Gasteiger partial charge is 0.302 e. The van der Waals surface area contributed by atoms with Crippen molar-refractivity contribution in [1.29, 1.82) is 0 Å². The molecule has 0 atom stereocenters. The second-order valence-corrected chi connectivity index (χ2v) is 8.22. The first-order valence-corrected chi connectivity index (χ1v) is 9.59. The van der Waals surface area contributed by atoms with Crippen LogP contribution in [0.15, 0.2) is 35.7 Å². The molecule has 0 saturated heterocycles. The van der Waals surface area contributed by atoms with Gasteiger partial charge in [-0.25, -0.2) is 4.98 Å². The van der Waals surface area contributed by atoms with E-state index in [4.69, 9.17) is 0 Å². The third-order valence-corrected chi connectivity index (χ3v) is 5.55. The number of carbonyl (C=O) groups excluding carboxylic acids is 1. The molecule has 0 radical (unpaired) electrons. The summed E-state index contributed by atoms with van der Waals surface area (Å²) in [7, 11) is 0. The second-order valence-electron chi connectivity index (χ2n) is 5.90. The molecule has 3 nitrogen and oxygen atoms in total. The Morgan fingerprint density at radius 3 is 2.58 bits per heavy atom. The van der Waals surface area contributed by atoms with Gasteiger partial charge in [0.05, 0.1) is 5.69 Å². The molecule has 0 saturated carbocycles. The van der Waals surface area contributed by atoms with Gasteiger partial charge in [-0.3, -0.25) is 4.79 Å². The molecule has 1 N–H and O–H groups in total. The van der Waals surface area contributed by atoms with Crippen LogP contribution in [0, 0.1) is 20.8 Å². The van der Waals surface area contributed by atoms with Crippen LogP contribution >= 0.6 is 22.7 Å². The van der Waals surface area contributed by atoms with Gasteiger partial charge in [-0.15, -0.1) is 22.7 Å². The standard InChI is InChI=1S/C19H20N2OS2/c1-12-4-6-15(7-5-12)8-9-18(22)21-19-20-17(11-23-19)16-10-13(2)24-14(16)3/h4-7,10-11H,8-9H2,1-3H3,(H,20,21,22). The predicted molar refractivity (Wildman–Crippen MR) is 103 cm³/mol. The molecule has 0 aliphatic carbocycles. The highest BCUT2D eigenvalue weighted by molar-refractivity contribution is 7.14. The SMILES string of the molecule is Cc1ccc(CCC(=O)Nc2nc(-c3cc(C)sc3C)cs2)cc1. The molecule has 1 amide bonds. The molecular formula is C19H20N2OS2. The van der Waals surface area contributed by atoms with Gasteiger partial charge in [0.2, 0.25) is 5.91 Å². The van der Waals surface area contributed by atoms with E-state index in [1.807, 2.05) is 5.38 Å². The van der Waals surface area contributed by atoms with E-state index in [1.54, 1.807) is 11.3 Å². The fourth-order valence-corrected chi connectivity index (χ4v) is 4.19. The number of hydrogen-bond acceptors (Lipinski definition) is 4. The van der Waals surface area contributed by atoms with Crippen LogP contribution in [0.5, 0.6) is 0 Å². The molecule has 0 unspecified atom stereocenters. The Bertz CT molecular complexity index is 847. The Balaban J connectivity index is 1.59. The first-order valence-electron chi connectivity index (χ1n) is 7.89. The van der Waals surface area contributed by atoms with E-state index >= 15 is 0 Å². The highest BCUT2D eigenvalue weighted by Crippen LogP contribution is 2.32. The summed E-state index contributed by atoms with van der Waals surface area (Å²) in [5, 5.41) is 5.58. The molecule has 0 spiro atoms. The van der Waals surface area contributed by atoms with Crippen molar-refractivity contribution in [3.63, 3.8) is 0 Å². The number of rotatable bonds is 5. The second kappa shape index (κ2) is 7.28. The molecule has 0 fully saturated rings. The molecule has 24 heavy (non-hydrogen) atoms. The fourth-order valence-electron chi connectivity index (χ4n) is 2.53. The third kappa shape index (κ3) is 4.10. The maximum absolute atomic E-state index is 12.1. The van der Waals surface area contributed by atoms with Crippen molar-refractivity contribution in [2.24, 2.45) is 0 Å². The zero-order chi connectivity index (χ0) is 17.1. The number of thiophene rings is 1. The number of amides is 1. The molecule has 5 heteroatoms. The number of benzene rings is 1. The molecule has 1 aromatic carbocycles. The molecule has 0 aliphatic rings. The monoisotopic (exact) mass is 356 g/mol. The lowest BCUT2D eigenvalue weighted by molar-refractivity contribution is -0.116. The van der Waals surface area contributed by atoms with Crippen molar-refractivity contribution < 1.29 is 4.79 Å². The van der Waals surface area contributed by atoms with Crippen LogP contribution < -0.4 is 5.32 Å². The smallest absolute Gasteiger partial charge is 0.226 e. The van der Waals surface area contributed by atoms with E-state index in [0.717, 1.165) is 17.7 Å². The number of hydrogen-bond donors (Lipinski definition) is 1. The first kappa shape index (κ1) is 16.9. The molecule has 3 rings (SSSR count). The lowest BCUT2D eigenvalue weighted by Gasteiger charge is -2.03.